The van der Waals surface area contributed by atoms with Crippen LogP contribution in [0, 0.1) is 12.7 Å². The second-order valence-corrected chi connectivity index (χ2v) is 8.21. The predicted molar refractivity (Wildman–Crippen MR) is 119 cm³/mol. The van der Waals surface area contributed by atoms with Crippen LogP contribution in [0.25, 0.3) is 22.0 Å². The van der Waals surface area contributed by atoms with Crippen LogP contribution in [0.1, 0.15) is 36.2 Å². The average molecular weight is 401 g/mol. The maximum atomic E-state index is 13.2. The smallest absolute Gasteiger partial charge is 0.259 e. The number of rotatable bonds is 3. The van der Waals surface area contributed by atoms with E-state index in [2.05, 4.69) is 22.0 Å². The van der Waals surface area contributed by atoms with Crippen molar-refractivity contribution in [2.75, 3.05) is 13.1 Å². The first-order chi connectivity index (χ1) is 14.6. The highest BCUT2D eigenvalue weighted by atomic mass is 19.1. The van der Waals surface area contributed by atoms with E-state index < -0.39 is 0 Å². The van der Waals surface area contributed by atoms with E-state index >= 15 is 0 Å². The van der Waals surface area contributed by atoms with Gasteiger partial charge in [-0.1, -0.05) is 35.9 Å². The van der Waals surface area contributed by atoms with Gasteiger partial charge in [0.2, 0.25) is 0 Å². The van der Waals surface area contributed by atoms with Crippen LogP contribution >= 0.6 is 0 Å². The lowest BCUT2D eigenvalue weighted by molar-refractivity contribution is 0.250. The number of aryl methyl sites for hydroxylation is 1. The summed E-state index contributed by atoms with van der Waals surface area (Å²) < 4.78 is 13.2. The molecule has 2 aliphatic rings. The number of hydrogen-bond acceptors (Lipinski definition) is 3. The Labute approximate surface area is 174 Å². The Bertz CT molecular complexity index is 1220. The number of hydrogen-bond donors (Lipinski definition) is 1. The molecule has 0 fully saturated rings. The van der Waals surface area contributed by atoms with Crippen LogP contribution in [-0.2, 0) is 0 Å². The van der Waals surface area contributed by atoms with Gasteiger partial charge in [-0.25, -0.2) is 9.37 Å². The molecular formula is C25H24FN3O. The van der Waals surface area contributed by atoms with Crippen LogP contribution < -0.4 is 5.56 Å². The summed E-state index contributed by atoms with van der Waals surface area (Å²) in [6.45, 7) is 3.83. The van der Waals surface area contributed by atoms with Crippen LogP contribution in [0.2, 0.25) is 0 Å². The Morgan fingerprint density at radius 2 is 1.93 bits per heavy atom. The highest BCUT2D eigenvalue weighted by Gasteiger charge is 2.25. The molecule has 0 saturated carbocycles. The fraction of sp³-hybridized carbons (Fsp3) is 0.280. The number of nitrogens with one attached hydrogen (secondary N) is 1. The van der Waals surface area contributed by atoms with Crippen LogP contribution in [0.5, 0.6) is 0 Å². The number of nitrogens with zero attached hydrogens (tertiary/aromatic N) is 2. The van der Waals surface area contributed by atoms with E-state index in [1.165, 1.54) is 17.7 Å². The molecule has 152 valence electrons. The van der Waals surface area contributed by atoms with Gasteiger partial charge in [-0.3, -0.25) is 9.69 Å². The third-order valence-electron chi connectivity index (χ3n) is 6.19. The van der Waals surface area contributed by atoms with Gasteiger partial charge in [-0.05, 0) is 67.2 Å². The molecule has 4 nitrogen and oxygen atoms in total. The van der Waals surface area contributed by atoms with Crippen molar-refractivity contribution >= 4 is 22.0 Å². The first kappa shape index (κ1) is 18.9. The highest BCUT2D eigenvalue weighted by Crippen LogP contribution is 2.31. The summed E-state index contributed by atoms with van der Waals surface area (Å²) in [6, 6.07) is 12.9. The van der Waals surface area contributed by atoms with Gasteiger partial charge >= 0.3 is 0 Å². The molecular weight excluding hydrogens is 377 g/mol. The summed E-state index contributed by atoms with van der Waals surface area (Å²) >= 11 is 0. The van der Waals surface area contributed by atoms with Crippen molar-refractivity contribution in [2.45, 2.75) is 32.2 Å². The lowest BCUT2D eigenvalue weighted by Crippen LogP contribution is -2.36. The standard InChI is InChI=1S/C25H24FN3O/c1-16-2-9-23-22(14-16)25(30)28-24(27-23)19-5-8-21(15-19)29-12-10-18(11-13-29)17-3-6-20(26)7-4-17/h2-4,6-7,9-10,14-15,21H,5,8,11-13H2,1H3,(H,27,28,30). The summed E-state index contributed by atoms with van der Waals surface area (Å²) in [7, 11) is 0. The summed E-state index contributed by atoms with van der Waals surface area (Å²) in [5, 5.41) is 0.642. The maximum Gasteiger partial charge on any atom is 0.259 e. The van der Waals surface area contributed by atoms with Gasteiger partial charge in [0.25, 0.3) is 5.56 Å². The molecule has 2 aromatic carbocycles. The van der Waals surface area contributed by atoms with E-state index in [1.807, 2.05) is 37.3 Å². The second-order valence-electron chi connectivity index (χ2n) is 8.21. The summed E-state index contributed by atoms with van der Waals surface area (Å²) in [4.78, 5) is 22.7. The molecule has 0 saturated heterocycles. The van der Waals surface area contributed by atoms with Crippen molar-refractivity contribution < 1.29 is 4.39 Å². The number of aromatic amines is 1. The minimum atomic E-state index is -0.198. The van der Waals surface area contributed by atoms with Gasteiger partial charge in [-0.15, -0.1) is 0 Å². The van der Waals surface area contributed by atoms with E-state index in [4.69, 9.17) is 4.98 Å². The number of benzene rings is 2. The van der Waals surface area contributed by atoms with Gasteiger partial charge in [0.05, 0.1) is 10.9 Å². The van der Waals surface area contributed by atoms with Gasteiger partial charge in [-0.2, -0.15) is 0 Å². The number of halogens is 1. The fourth-order valence-corrected chi connectivity index (χ4v) is 4.50. The molecule has 0 spiro atoms. The predicted octanol–water partition coefficient (Wildman–Crippen LogP) is 4.71. The molecule has 0 amide bonds. The van der Waals surface area contributed by atoms with Crippen molar-refractivity contribution in [1.82, 2.24) is 14.9 Å². The van der Waals surface area contributed by atoms with Gasteiger partial charge in [0.15, 0.2) is 0 Å². The Balaban J connectivity index is 1.34. The molecule has 5 heteroatoms. The third kappa shape index (κ3) is 3.61. The zero-order chi connectivity index (χ0) is 20.7. The van der Waals surface area contributed by atoms with Gasteiger partial charge < -0.3 is 4.98 Å². The monoisotopic (exact) mass is 401 g/mol. The minimum Gasteiger partial charge on any atom is -0.306 e. The quantitative estimate of drug-likeness (QED) is 0.692. The van der Waals surface area contributed by atoms with Gasteiger partial charge in [0.1, 0.15) is 11.6 Å². The van der Waals surface area contributed by atoms with Crippen LogP contribution in [0.15, 0.2) is 59.4 Å². The van der Waals surface area contributed by atoms with Crippen molar-refractivity contribution in [1.29, 1.82) is 0 Å². The number of allylic oxidation sites excluding steroid dienone is 1. The lowest BCUT2D eigenvalue weighted by Gasteiger charge is -2.30. The summed E-state index contributed by atoms with van der Waals surface area (Å²) in [5.41, 5.74) is 5.23. The van der Waals surface area contributed by atoms with E-state index in [9.17, 15) is 9.18 Å². The minimum absolute atomic E-state index is 0.0760. The molecule has 1 unspecified atom stereocenters. The number of aromatic nitrogens is 2. The summed E-state index contributed by atoms with van der Waals surface area (Å²) in [5.74, 6) is 0.495. The van der Waals surface area contributed by atoms with E-state index in [-0.39, 0.29) is 11.4 Å². The van der Waals surface area contributed by atoms with E-state index in [0.29, 0.717) is 17.3 Å². The molecule has 0 bridgehead atoms. The molecule has 30 heavy (non-hydrogen) atoms. The Hall–Kier alpha value is -3.05. The maximum absolute atomic E-state index is 13.2. The zero-order valence-electron chi connectivity index (χ0n) is 17.0. The fourth-order valence-electron chi connectivity index (χ4n) is 4.50. The second kappa shape index (κ2) is 7.65. The molecule has 5 rings (SSSR count). The molecule has 1 aliphatic carbocycles. The van der Waals surface area contributed by atoms with Crippen molar-refractivity contribution in [3.63, 3.8) is 0 Å². The van der Waals surface area contributed by atoms with Crippen LogP contribution in [0.3, 0.4) is 0 Å². The zero-order valence-corrected chi connectivity index (χ0v) is 17.0. The van der Waals surface area contributed by atoms with Gasteiger partial charge in [0, 0.05) is 19.1 Å². The molecule has 3 aromatic rings. The largest absolute Gasteiger partial charge is 0.306 e. The van der Waals surface area contributed by atoms with Crippen LogP contribution in [-0.4, -0.2) is 34.0 Å². The van der Waals surface area contributed by atoms with Crippen LogP contribution in [0.4, 0.5) is 4.39 Å². The topological polar surface area (TPSA) is 49.0 Å². The van der Waals surface area contributed by atoms with Crippen molar-refractivity contribution in [2.24, 2.45) is 0 Å². The molecule has 1 N–H and O–H groups in total. The van der Waals surface area contributed by atoms with E-state index in [1.54, 1.807) is 0 Å². The van der Waals surface area contributed by atoms with Crippen molar-refractivity contribution in [3.05, 3.63) is 87.7 Å². The number of H-pyrrole nitrogens is 1. The lowest BCUT2D eigenvalue weighted by atomic mass is 9.98. The Morgan fingerprint density at radius 3 is 2.70 bits per heavy atom. The average Bonchev–Trinajstić information content (AvgIpc) is 3.25. The molecule has 0 radical (unpaired) electrons. The Kier molecular flexibility index (Phi) is 4.83. The molecule has 1 atom stereocenters. The third-order valence-corrected chi connectivity index (χ3v) is 6.19. The SMILES string of the molecule is Cc1ccc2nc(C3=CC(N4CC=C(c5ccc(F)cc5)CC4)CC3)[nH]c(=O)c2c1. The molecule has 1 aliphatic heterocycles. The molecule has 2 heterocycles. The number of fused-ring (bicyclic) bond motifs is 1. The Morgan fingerprint density at radius 1 is 1.10 bits per heavy atom. The summed E-state index contributed by atoms with van der Waals surface area (Å²) in [6.07, 6.45) is 7.41. The van der Waals surface area contributed by atoms with E-state index in [0.717, 1.165) is 54.6 Å². The van der Waals surface area contributed by atoms with Crippen molar-refractivity contribution in [3.8, 4) is 0 Å². The normalized spacial score (nSPS) is 19.7. The molecule has 1 aromatic heterocycles. The first-order valence-electron chi connectivity index (χ1n) is 10.5. The first-order valence-corrected chi connectivity index (χ1v) is 10.5. The highest BCUT2D eigenvalue weighted by molar-refractivity contribution is 5.80.